The minimum absolute atomic E-state index is 0.155. The molecule has 0 heterocycles. The summed E-state index contributed by atoms with van der Waals surface area (Å²) in [4.78, 5) is 12.3. The Morgan fingerprint density at radius 3 is 2.10 bits per heavy atom. The van der Waals surface area contributed by atoms with Gasteiger partial charge in [0.05, 0.1) is 0 Å². The van der Waals surface area contributed by atoms with Gasteiger partial charge in [-0.3, -0.25) is 4.79 Å². The minimum Gasteiger partial charge on any atom is -0.293 e. The third-order valence-electron chi connectivity index (χ3n) is 3.20. The van der Waals surface area contributed by atoms with Gasteiger partial charge in [-0.2, -0.15) is 0 Å². The lowest BCUT2D eigenvalue weighted by Crippen LogP contribution is -2.13. The molecule has 2 aromatic carbocycles. The number of benzene rings is 2. The average Bonchev–Trinajstić information content (AvgIpc) is 2.46. The highest BCUT2D eigenvalue weighted by molar-refractivity contribution is 6.01. The lowest BCUT2D eigenvalue weighted by Gasteiger charge is -2.14. The first-order chi connectivity index (χ1) is 9.54. The lowest BCUT2D eigenvalue weighted by molar-refractivity contribution is 0.0956. The van der Waals surface area contributed by atoms with E-state index in [4.69, 9.17) is 0 Å². The van der Waals surface area contributed by atoms with E-state index in [-0.39, 0.29) is 5.56 Å². The van der Waals surface area contributed by atoms with E-state index in [1.165, 1.54) is 0 Å². The van der Waals surface area contributed by atoms with E-state index in [9.17, 15) is 18.0 Å². The van der Waals surface area contributed by atoms with Gasteiger partial charge in [0.2, 0.25) is 0 Å². The van der Waals surface area contributed by atoms with Crippen LogP contribution >= 0.6 is 0 Å². The van der Waals surface area contributed by atoms with Crippen LogP contribution in [-0.2, 0) is 0 Å². The number of hydrogen-bond donors (Lipinski definition) is 0. The maximum absolute atomic E-state index is 13.2. The van der Waals surface area contributed by atoms with Crippen molar-refractivity contribution in [3.63, 3.8) is 0 Å². The zero-order valence-corrected chi connectivity index (χ0v) is 10.9. The first kappa shape index (κ1) is 14.3. The van der Waals surface area contributed by atoms with E-state index < -0.39 is 29.2 Å². The van der Waals surface area contributed by atoms with Gasteiger partial charge in [0, 0.05) is 11.5 Å². The van der Waals surface area contributed by atoms with E-state index in [0.29, 0.717) is 6.42 Å². The Balaban J connectivity index is 2.39. The van der Waals surface area contributed by atoms with E-state index >= 15 is 0 Å². The first-order valence-corrected chi connectivity index (χ1v) is 6.28. The summed E-state index contributed by atoms with van der Waals surface area (Å²) < 4.78 is 39.3. The highest BCUT2D eigenvalue weighted by Crippen LogP contribution is 2.25. The summed E-state index contributed by atoms with van der Waals surface area (Å²) in [6.45, 7) is 1.81. The second-order valence-electron chi connectivity index (χ2n) is 4.49. The van der Waals surface area contributed by atoms with Crippen LogP contribution in [0.15, 0.2) is 42.5 Å². The van der Waals surface area contributed by atoms with Crippen molar-refractivity contribution in [1.82, 2.24) is 0 Å². The van der Waals surface area contributed by atoms with Crippen molar-refractivity contribution in [2.75, 3.05) is 0 Å². The van der Waals surface area contributed by atoms with Crippen molar-refractivity contribution >= 4 is 5.78 Å². The van der Waals surface area contributed by atoms with Crippen molar-refractivity contribution in [2.24, 2.45) is 0 Å². The summed E-state index contributed by atoms with van der Waals surface area (Å²) in [5.74, 6) is -5.18. The maximum atomic E-state index is 13.2. The molecule has 0 aliphatic carbocycles. The van der Waals surface area contributed by atoms with Gasteiger partial charge in [-0.1, -0.05) is 37.3 Å². The predicted molar refractivity (Wildman–Crippen MR) is 70.1 cm³/mol. The molecule has 0 aliphatic rings. The Kier molecular flexibility index (Phi) is 4.23. The van der Waals surface area contributed by atoms with Crippen LogP contribution in [0.5, 0.6) is 0 Å². The van der Waals surface area contributed by atoms with Crippen molar-refractivity contribution in [1.29, 1.82) is 0 Å². The van der Waals surface area contributed by atoms with Gasteiger partial charge < -0.3 is 0 Å². The molecule has 0 bridgehead atoms. The summed E-state index contributed by atoms with van der Waals surface area (Å²) in [7, 11) is 0. The van der Waals surface area contributed by atoms with Crippen LogP contribution in [0.3, 0.4) is 0 Å². The first-order valence-electron chi connectivity index (χ1n) is 6.28. The summed E-state index contributed by atoms with van der Waals surface area (Å²) in [6.07, 6.45) is 0.490. The van der Waals surface area contributed by atoms with Crippen LogP contribution in [0.2, 0.25) is 0 Å². The zero-order valence-electron chi connectivity index (χ0n) is 10.9. The summed E-state index contributed by atoms with van der Waals surface area (Å²) >= 11 is 0. The molecule has 0 saturated carbocycles. The number of Topliss-reactive ketones (excluding diaryl/α,β-unsaturated/α-hetero) is 1. The van der Waals surface area contributed by atoms with Crippen LogP contribution in [0.4, 0.5) is 13.2 Å². The molecule has 2 aromatic rings. The monoisotopic (exact) mass is 278 g/mol. The van der Waals surface area contributed by atoms with Crippen LogP contribution < -0.4 is 0 Å². The van der Waals surface area contributed by atoms with Gasteiger partial charge >= 0.3 is 0 Å². The normalized spacial score (nSPS) is 12.2. The highest BCUT2D eigenvalue weighted by atomic mass is 19.2. The number of carbonyl (C=O) groups is 1. The number of carbonyl (C=O) groups excluding carboxylic acids is 1. The SMILES string of the molecule is CCC(C(=O)c1cc(F)c(F)c(F)c1)c1ccccc1. The quantitative estimate of drug-likeness (QED) is 0.595. The molecule has 0 N–H and O–H groups in total. The van der Waals surface area contributed by atoms with Gasteiger partial charge in [-0.05, 0) is 24.1 Å². The van der Waals surface area contributed by atoms with E-state index in [1.807, 2.05) is 13.0 Å². The fourth-order valence-electron chi connectivity index (χ4n) is 2.16. The van der Waals surface area contributed by atoms with E-state index in [1.54, 1.807) is 24.3 Å². The Labute approximate surface area is 115 Å². The Hall–Kier alpha value is -2.10. The molecule has 4 heteroatoms. The topological polar surface area (TPSA) is 17.1 Å². The van der Waals surface area contributed by atoms with Gasteiger partial charge in [0.25, 0.3) is 0 Å². The van der Waals surface area contributed by atoms with Crippen LogP contribution in [0.1, 0.15) is 35.2 Å². The molecule has 0 fully saturated rings. The number of rotatable bonds is 4. The molecule has 0 radical (unpaired) electrons. The molecule has 0 aliphatic heterocycles. The van der Waals surface area contributed by atoms with Crippen molar-refractivity contribution in [3.8, 4) is 0 Å². The molecule has 0 aromatic heterocycles. The van der Waals surface area contributed by atoms with E-state index in [2.05, 4.69) is 0 Å². The van der Waals surface area contributed by atoms with Gasteiger partial charge in [0.1, 0.15) is 0 Å². The zero-order chi connectivity index (χ0) is 14.7. The Morgan fingerprint density at radius 2 is 1.60 bits per heavy atom. The molecule has 1 unspecified atom stereocenters. The minimum atomic E-state index is -1.56. The molecular weight excluding hydrogens is 265 g/mol. The number of ketones is 1. The molecule has 0 spiro atoms. The lowest BCUT2D eigenvalue weighted by atomic mass is 9.88. The fourth-order valence-corrected chi connectivity index (χ4v) is 2.16. The molecule has 104 valence electrons. The smallest absolute Gasteiger partial charge is 0.194 e. The molecular formula is C16H13F3O. The molecule has 0 saturated heterocycles. The van der Waals surface area contributed by atoms with Crippen molar-refractivity contribution < 1.29 is 18.0 Å². The van der Waals surface area contributed by atoms with Crippen LogP contribution in [-0.4, -0.2) is 5.78 Å². The number of hydrogen-bond acceptors (Lipinski definition) is 1. The molecule has 0 amide bonds. The van der Waals surface area contributed by atoms with E-state index in [0.717, 1.165) is 17.7 Å². The van der Waals surface area contributed by atoms with Crippen molar-refractivity contribution in [2.45, 2.75) is 19.3 Å². The fraction of sp³-hybridized carbons (Fsp3) is 0.188. The third kappa shape index (κ3) is 2.74. The largest absolute Gasteiger partial charge is 0.293 e. The molecule has 20 heavy (non-hydrogen) atoms. The van der Waals surface area contributed by atoms with Gasteiger partial charge in [-0.15, -0.1) is 0 Å². The van der Waals surface area contributed by atoms with Gasteiger partial charge in [0.15, 0.2) is 23.2 Å². The molecule has 1 nitrogen and oxygen atoms in total. The summed E-state index contributed by atoms with van der Waals surface area (Å²) in [6, 6.07) is 10.4. The van der Waals surface area contributed by atoms with Crippen LogP contribution in [0.25, 0.3) is 0 Å². The maximum Gasteiger partial charge on any atom is 0.194 e. The van der Waals surface area contributed by atoms with Crippen LogP contribution in [0, 0.1) is 17.5 Å². The standard InChI is InChI=1S/C16H13F3O/c1-2-12(10-6-4-3-5-7-10)16(20)11-8-13(17)15(19)14(18)9-11/h3-9,12H,2H2,1H3. The second kappa shape index (κ2) is 5.90. The Bertz CT molecular complexity index is 600. The Morgan fingerprint density at radius 1 is 1.05 bits per heavy atom. The molecule has 2 rings (SSSR count). The molecule has 1 atom stereocenters. The van der Waals surface area contributed by atoms with Crippen molar-refractivity contribution in [3.05, 3.63) is 71.0 Å². The highest BCUT2D eigenvalue weighted by Gasteiger charge is 2.22. The third-order valence-corrected chi connectivity index (χ3v) is 3.20. The average molecular weight is 278 g/mol. The second-order valence-corrected chi connectivity index (χ2v) is 4.49. The summed E-state index contributed by atoms with van der Waals surface area (Å²) in [5.41, 5.74) is 0.613. The summed E-state index contributed by atoms with van der Waals surface area (Å²) in [5, 5.41) is 0. The van der Waals surface area contributed by atoms with Gasteiger partial charge in [-0.25, -0.2) is 13.2 Å². The number of halogens is 3. The predicted octanol–water partition coefficient (Wildman–Crippen LogP) is 4.48.